The van der Waals surface area contributed by atoms with E-state index in [0.717, 1.165) is 28.3 Å². The number of hydrogen-bond acceptors (Lipinski definition) is 2. The van der Waals surface area contributed by atoms with Gasteiger partial charge in [-0.05, 0) is 45.0 Å². The molecule has 0 aliphatic carbocycles. The number of carbonyl (C=O) groups is 1. The van der Waals surface area contributed by atoms with Crippen LogP contribution in [0.5, 0.6) is 0 Å². The normalized spacial score (nSPS) is 12.0. The van der Waals surface area contributed by atoms with E-state index in [1.165, 1.54) is 0 Å². The van der Waals surface area contributed by atoms with Crippen LogP contribution < -0.4 is 10.6 Å². The number of nitrogens with one attached hydrogen (secondary N) is 1. The Morgan fingerprint density at radius 1 is 1.19 bits per heavy atom. The number of aromatic nitrogens is 2. The molecule has 0 saturated carbocycles. The molecule has 1 heterocycles. The number of para-hydroxylation sites is 1. The van der Waals surface area contributed by atoms with Crippen molar-refractivity contribution in [2.75, 3.05) is 11.9 Å². The van der Waals surface area contributed by atoms with Gasteiger partial charge in [-0.15, -0.1) is 0 Å². The van der Waals surface area contributed by atoms with Crippen molar-refractivity contribution in [3.63, 3.8) is 0 Å². The van der Waals surface area contributed by atoms with E-state index in [1.54, 1.807) is 0 Å². The summed E-state index contributed by atoms with van der Waals surface area (Å²) in [6.07, 6.45) is 0. The molecule has 0 saturated heterocycles. The molecule has 0 bridgehead atoms. The predicted octanol–water partition coefficient (Wildman–Crippen LogP) is 3.41. The van der Waals surface area contributed by atoms with Gasteiger partial charge in [-0.3, -0.25) is 4.79 Å². The van der Waals surface area contributed by atoms with Crippen molar-refractivity contribution in [3.8, 4) is 5.69 Å². The van der Waals surface area contributed by atoms with Crippen molar-refractivity contribution in [1.29, 1.82) is 0 Å². The zero-order valence-corrected chi connectivity index (χ0v) is 16.5. The molecule has 140 valence electrons. The van der Waals surface area contributed by atoms with Crippen molar-refractivity contribution in [3.05, 3.63) is 76.6 Å². The maximum Gasteiger partial charge on any atom is 0.279 e. The summed E-state index contributed by atoms with van der Waals surface area (Å²) in [5.74, 6) is -0.0531. The molecule has 6 heteroatoms. The van der Waals surface area contributed by atoms with Gasteiger partial charge in [0.15, 0.2) is 6.54 Å². The van der Waals surface area contributed by atoms with Gasteiger partial charge in [0, 0.05) is 10.6 Å². The van der Waals surface area contributed by atoms with E-state index in [1.807, 2.05) is 78.4 Å². The lowest BCUT2D eigenvalue weighted by Gasteiger charge is -2.12. The quantitative estimate of drug-likeness (QED) is 0.685. The molecule has 0 spiro atoms. The van der Waals surface area contributed by atoms with E-state index in [0.29, 0.717) is 11.6 Å². The molecule has 0 unspecified atom stereocenters. The third kappa shape index (κ3) is 4.56. The number of aryl methyl sites for hydroxylation is 1. The van der Waals surface area contributed by atoms with Crippen molar-refractivity contribution >= 4 is 23.2 Å². The van der Waals surface area contributed by atoms with Crippen LogP contribution in [0.15, 0.2) is 54.6 Å². The van der Waals surface area contributed by atoms with Crippen LogP contribution in [0.25, 0.3) is 5.69 Å². The molecule has 2 aromatic carbocycles. The van der Waals surface area contributed by atoms with Crippen LogP contribution in [-0.4, -0.2) is 22.2 Å². The van der Waals surface area contributed by atoms with Crippen LogP contribution in [0, 0.1) is 13.8 Å². The fraction of sp³-hybridized carbons (Fsp3) is 0.238. The first-order valence-corrected chi connectivity index (χ1v) is 9.34. The second-order valence-electron chi connectivity index (χ2n) is 6.62. The summed E-state index contributed by atoms with van der Waals surface area (Å²) < 4.78 is 1.85. The zero-order valence-electron chi connectivity index (χ0n) is 15.7. The number of quaternary nitrogens is 1. The first-order valence-electron chi connectivity index (χ1n) is 8.96. The number of rotatable bonds is 6. The molecule has 27 heavy (non-hydrogen) atoms. The summed E-state index contributed by atoms with van der Waals surface area (Å²) in [6, 6.07) is 17.7. The Morgan fingerprint density at radius 3 is 2.63 bits per heavy atom. The van der Waals surface area contributed by atoms with Crippen molar-refractivity contribution < 1.29 is 10.1 Å². The lowest BCUT2D eigenvalue weighted by atomic mass is 10.1. The molecule has 1 amide bonds. The number of carbonyl (C=O) groups excluding carboxylic acids is 1. The number of benzene rings is 2. The van der Waals surface area contributed by atoms with E-state index in [9.17, 15) is 4.79 Å². The zero-order chi connectivity index (χ0) is 19.4. The second kappa shape index (κ2) is 8.37. The standard InChI is InChI=1S/C21H23ClN4O/c1-14(17-8-7-9-18(22)12-17)23-13-20(27)24-21-15(2)25-26(16(21)3)19-10-5-4-6-11-19/h4-12,14,23H,13H2,1-3H3,(H,24,27)/p+1/t14-/m1/s1. The highest BCUT2D eigenvalue weighted by molar-refractivity contribution is 6.30. The Bertz CT molecular complexity index is 937. The summed E-state index contributed by atoms with van der Waals surface area (Å²) in [5, 5.41) is 10.3. The Labute approximate surface area is 164 Å². The number of hydrogen-bond donors (Lipinski definition) is 2. The molecular formula is C21H24ClN4O+. The first-order chi connectivity index (χ1) is 13.0. The SMILES string of the molecule is Cc1nn(-c2ccccc2)c(C)c1NC(=O)C[NH2+][C@H](C)c1cccc(Cl)c1. The Kier molecular flexibility index (Phi) is 5.94. The molecule has 1 aromatic heterocycles. The molecule has 0 fully saturated rings. The largest absolute Gasteiger partial charge is 0.333 e. The van der Waals surface area contributed by atoms with Gasteiger partial charge in [0.1, 0.15) is 6.04 Å². The lowest BCUT2D eigenvalue weighted by molar-refractivity contribution is -0.682. The van der Waals surface area contributed by atoms with E-state index in [4.69, 9.17) is 11.6 Å². The van der Waals surface area contributed by atoms with E-state index in [2.05, 4.69) is 17.3 Å². The fourth-order valence-corrected chi connectivity index (χ4v) is 3.24. The highest BCUT2D eigenvalue weighted by Crippen LogP contribution is 2.22. The predicted molar refractivity (Wildman–Crippen MR) is 108 cm³/mol. The molecule has 3 rings (SSSR count). The summed E-state index contributed by atoms with van der Waals surface area (Å²) in [5.41, 5.74) is 4.55. The van der Waals surface area contributed by atoms with Gasteiger partial charge < -0.3 is 10.6 Å². The molecule has 0 radical (unpaired) electrons. The summed E-state index contributed by atoms with van der Waals surface area (Å²) >= 11 is 6.04. The van der Waals surface area contributed by atoms with Gasteiger partial charge in [-0.2, -0.15) is 5.10 Å². The van der Waals surface area contributed by atoms with Gasteiger partial charge in [0.05, 0.1) is 22.8 Å². The van der Waals surface area contributed by atoms with E-state index in [-0.39, 0.29) is 11.9 Å². The second-order valence-corrected chi connectivity index (χ2v) is 7.06. The molecule has 3 N–H and O–H groups in total. The van der Waals surface area contributed by atoms with Gasteiger partial charge in [0.25, 0.3) is 5.91 Å². The van der Waals surface area contributed by atoms with Gasteiger partial charge in [0.2, 0.25) is 0 Å². The number of nitrogens with zero attached hydrogens (tertiary/aromatic N) is 2. The molecule has 1 atom stereocenters. The molecule has 5 nitrogen and oxygen atoms in total. The van der Waals surface area contributed by atoms with Crippen LogP contribution in [0.4, 0.5) is 5.69 Å². The number of nitrogens with two attached hydrogens (primary N) is 1. The number of halogens is 1. The molecular weight excluding hydrogens is 360 g/mol. The highest BCUT2D eigenvalue weighted by Gasteiger charge is 2.17. The van der Waals surface area contributed by atoms with Crippen LogP contribution in [0.3, 0.4) is 0 Å². The number of amides is 1. The van der Waals surface area contributed by atoms with Crippen LogP contribution >= 0.6 is 11.6 Å². The molecule has 3 aromatic rings. The van der Waals surface area contributed by atoms with Crippen molar-refractivity contribution in [2.45, 2.75) is 26.8 Å². The summed E-state index contributed by atoms with van der Waals surface area (Å²) in [7, 11) is 0. The lowest BCUT2D eigenvalue weighted by Crippen LogP contribution is -2.86. The molecule has 0 aliphatic rings. The maximum absolute atomic E-state index is 12.5. The number of anilines is 1. The minimum absolute atomic E-state index is 0.0531. The highest BCUT2D eigenvalue weighted by atomic mass is 35.5. The van der Waals surface area contributed by atoms with Crippen LogP contribution in [0.1, 0.15) is 29.9 Å². The average molecular weight is 384 g/mol. The minimum atomic E-state index is -0.0531. The van der Waals surface area contributed by atoms with Gasteiger partial charge >= 0.3 is 0 Å². The van der Waals surface area contributed by atoms with Crippen LogP contribution in [0.2, 0.25) is 5.02 Å². The summed E-state index contributed by atoms with van der Waals surface area (Å²) in [6.45, 7) is 6.24. The minimum Gasteiger partial charge on any atom is -0.333 e. The van der Waals surface area contributed by atoms with E-state index < -0.39 is 0 Å². The molecule has 0 aliphatic heterocycles. The topological polar surface area (TPSA) is 63.5 Å². The smallest absolute Gasteiger partial charge is 0.279 e. The van der Waals surface area contributed by atoms with Crippen molar-refractivity contribution in [1.82, 2.24) is 9.78 Å². The Morgan fingerprint density at radius 2 is 1.93 bits per heavy atom. The average Bonchev–Trinajstić information content (AvgIpc) is 2.95. The fourth-order valence-electron chi connectivity index (χ4n) is 3.04. The monoisotopic (exact) mass is 383 g/mol. The summed E-state index contributed by atoms with van der Waals surface area (Å²) in [4.78, 5) is 12.5. The Balaban J connectivity index is 1.65. The third-order valence-electron chi connectivity index (χ3n) is 4.59. The van der Waals surface area contributed by atoms with Crippen LogP contribution in [-0.2, 0) is 4.79 Å². The van der Waals surface area contributed by atoms with Gasteiger partial charge in [-0.1, -0.05) is 41.9 Å². The maximum atomic E-state index is 12.5. The third-order valence-corrected chi connectivity index (χ3v) is 4.82. The van der Waals surface area contributed by atoms with Crippen molar-refractivity contribution in [2.24, 2.45) is 0 Å². The van der Waals surface area contributed by atoms with E-state index >= 15 is 0 Å². The first kappa shape index (κ1) is 19.1. The van der Waals surface area contributed by atoms with Gasteiger partial charge in [-0.25, -0.2) is 4.68 Å². The Hall–Kier alpha value is -2.63.